The van der Waals surface area contributed by atoms with Crippen LogP contribution in [-0.2, 0) is 21.7 Å². The third-order valence-corrected chi connectivity index (χ3v) is 15.8. The SMILES string of the molecule is CC1(C)c2cc(-c3ccc(-c4cc5c6c(c4)C(C)(C)C4CC=c7cccc(c7=C64)C5(C)C)c4ccccc34)cc3c2C2=c4c1cccc4=CCC2C3(C)C. The third kappa shape index (κ3) is 3.49. The molecule has 0 saturated carbocycles. The van der Waals surface area contributed by atoms with E-state index in [0.29, 0.717) is 11.8 Å². The van der Waals surface area contributed by atoms with E-state index in [0.717, 1.165) is 12.8 Å². The van der Waals surface area contributed by atoms with Crippen LogP contribution in [0, 0.1) is 11.8 Å². The molecular formula is C54H48. The second-order valence-corrected chi connectivity index (χ2v) is 19.6. The van der Waals surface area contributed by atoms with Crippen molar-refractivity contribution < 1.29 is 0 Å². The van der Waals surface area contributed by atoms with Crippen molar-refractivity contribution in [3.8, 4) is 22.3 Å². The Bertz CT molecular complexity index is 2840. The monoisotopic (exact) mass is 696 g/mol. The Labute approximate surface area is 319 Å². The molecule has 6 aromatic rings. The highest BCUT2D eigenvalue weighted by Gasteiger charge is 2.51. The minimum atomic E-state index is -0.0848. The Morgan fingerprint density at radius 3 is 1.26 bits per heavy atom. The molecule has 2 atom stereocenters. The first-order chi connectivity index (χ1) is 25.8. The summed E-state index contributed by atoms with van der Waals surface area (Å²) < 4.78 is 0. The first-order valence-corrected chi connectivity index (χ1v) is 20.4. The van der Waals surface area contributed by atoms with Gasteiger partial charge in [0, 0.05) is 10.8 Å². The summed E-state index contributed by atoms with van der Waals surface area (Å²) in [5.41, 5.74) is 20.7. The molecule has 0 saturated heterocycles. The molecule has 6 aliphatic carbocycles. The fourth-order valence-electron chi connectivity index (χ4n) is 12.8. The Morgan fingerprint density at radius 2 is 0.833 bits per heavy atom. The van der Waals surface area contributed by atoms with E-state index in [4.69, 9.17) is 0 Å². The van der Waals surface area contributed by atoms with E-state index in [1.54, 1.807) is 22.3 Å². The standard InChI is InChI=1S/C54H48/c1-51(2)37-17-11-13-29-19-23-39-49(45(29)37)47-41(51)25-31(27-43(47)53(39,5)6)33-21-22-34(36-16-10-9-15-35(33)36)32-26-42-48-44(28-32)54(7,8)40-24-20-30-14-12-18-38(52(42,3)4)46(30)50(40)48/h9-22,25-28,39-40H,23-24H2,1-8H3. The van der Waals surface area contributed by atoms with E-state index in [1.807, 2.05) is 0 Å². The summed E-state index contributed by atoms with van der Waals surface area (Å²) >= 11 is 0. The van der Waals surface area contributed by atoms with E-state index in [1.165, 1.54) is 87.3 Å². The molecule has 0 N–H and O–H groups in total. The maximum Gasteiger partial charge on any atom is 0.0159 e. The molecule has 0 nitrogen and oxygen atoms in total. The minimum absolute atomic E-state index is 0.0602. The highest BCUT2D eigenvalue weighted by molar-refractivity contribution is 6.06. The van der Waals surface area contributed by atoms with E-state index in [9.17, 15) is 0 Å². The van der Waals surface area contributed by atoms with Gasteiger partial charge in [-0.15, -0.1) is 0 Å². The number of benzene rings is 6. The molecule has 2 unspecified atom stereocenters. The van der Waals surface area contributed by atoms with Gasteiger partial charge < -0.3 is 0 Å². The lowest BCUT2D eigenvalue weighted by Crippen LogP contribution is -2.44. The van der Waals surface area contributed by atoms with E-state index in [2.05, 4.69) is 165 Å². The second kappa shape index (κ2) is 9.64. The van der Waals surface area contributed by atoms with Gasteiger partial charge in [-0.05, 0) is 169 Å². The molecule has 54 heavy (non-hydrogen) atoms. The molecule has 0 bridgehead atoms. The van der Waals surface area contributed by atoms with Crippen LogP contribution in [0.2, 0.25) is 0 Å². The van der Waals surface area contributed by atoms with E-state index in [-0.39, 0.29) is 21.7 Å². The van der Waals surface area contributed by atoms with Gasteiger partial charge in [-0.2, -0.15) is 0 Å². The zero-order valence-electron chi connectivity index (χ0n) is 33.0. The summed E-state index contributed by atoms with van der Waals surface area (Å²) in [5, 5.41) is 8.61. The van der Waals surface area contributed by atoms with Crippen molar-refractivity contribution in [1.29, 1.82) is 0 Å². The highest BCUT2D eigenvalue weighted by Crippen LogP contribution is 2.59. The zero-order chi connectivity index (χ0) is 36.8. The molecule has 0 fully saturated rings. The average molecular weight is 697 g/mol. The normalized spacial score (nSPS) is 22.7. The number of hydrogen-bond acceptors (Lipinski definition) is 0. The van der Waals surface area contributed by atoms with Crippen molar-refractivity contribution in [2.75, 3.05) is 0 Å². The zero-order valence-corrected chi connectivity index (χ0v) is 33.0. The van der Waals surface area contributed by atoms with Crippen LogP contribution in [0.5, 0.6) is 0 Å². The van der Waals surface area contributed by atoms with Crippen LogP contribution in [0.15, 0.2) is 97.1 Å². The summed E-state index contributed by atoms with van der Waals surface area (Å²) in [6.45, 7) is 19.9. The van der Waals surface area contributed by atoms with Crippen LogP contribution in [0.3, 0.4) is 0 Å². The van der Waals surface area contributed by atoms with Crippen LogP contribution in [0.4, 0.5) is 0 Å². The van der Waals surface area contributed by atoms with Gasteiger partial charge in [0.15, 0.2) is 0 Å². The average Bonchev–Trinajstić information content (AvgIpc) is 3.54. The minimum Gasteiger partial charge on any atom is -0.0760 e. The predicted molar refractivity (Wildman–Crippen MR) is 227 cm³/mol. The summed E-state index contributed by atoms with van der Waals surface area (Å²) in [5.74, 6) is 1.02. The van der Waals surface area contributed by atoms with Crippen molar-refractivity contribution in [2.24, 2.45) is 11.8 Å². The van der Waals surface area contributed by atoms with Crippen LogP contribution < -0.4 is 20.9 Å². The number of fused-ring (bicyclic) bond motifs is 1. The molecule has 0 heteroatoms. The molecule has 0 amide bonds. The molecule has 6 aromatic carbocycles. The van der Waals surface area contributed by atoms with Gasteiger partial charge in [0.2, 0.25) is 0 Å². The second-order valence-electron chi connectivity index (χ2n) is 19.6. The lowest BCUT2D eigenvalue weighted by atomic mass is 9.67. The summed E-state index contributed by atoms with van der Waals surface area (Å²) in [6.07, 6.45) is 7.26. The first kappa shape index (κ1) is 31.4. The largest absolute Gasteiger partial charge is 0.0760 e. The molecule has 0 spiro atoms. The first-order valence-electron chi connectivity index (χ1n) is 20.4. The van der Waals surface area contributed by atoms with Crippen LogP contribution in [-0.4, -0.2) is 0 Å². The van der Waals surface area contributed by atoms with Gasteiger partial charge in [-0.25, -0.2) is 0 Å². The van der Waals surface area contributed by atoms with E-state index < -0.39 is 0 Å². The van der Waals surface area contributed by atoms with Crippen molar-refractivity contribution in [2.45, 2.75) is 89.9 Å². The number of rotatable bonds is 2. The Hall–Kier alpha value is -4.94. The lowest BCUT2D eigenvalue weighted by molar-refractivity contribution is 0.419. The van der Waals surface area contributed by atoms with Crippen molar-refractivity contribution in [3.63, 3.8) is 0 Å². The fourth-order valence-corrected chi connectivity index (χ4v) is 12.8. The molecule has 12 rings (SSSR count). The molecule has 0 aliphatic heterocycles. The van der Waals surface area contributed by atoms with Gasteiger partial charge in [-0.1, -0.05) is 140 Å². The Morgan fingerprint density at radius 1 is 0.426 bits per heavy atom. The van der Waals surface area contributed by atoms with Crippen LogP contribution in [0.25, 0.3) is 56.3 Å². The maximum atomic E-state index is 2.58. The van der Waals surface area contributed by atoms with Crippen molar-refractivity contribution in [1.82, 2.24) is 0 Å². The Kier molecular flexibility index (Phi) is 5.61. The van der Waals surface area contributed by atoms with Gasteiger partial charge >= 0.3 is 0 Å². The Balaban J connectivity index is 1.10. The molecule has 0 aromatic heterocycles. The van der Waals surface area contributed by atoms with Crippen molar-refractivity contribution in [3.05, 3.63) is 162 Å². The number of hydrogen-bond donors (Lipinski definition) is 0. The molecule has 0 heterocycles. The molecule has 0 radical (unpaired) electrons. The smallest absolute Gasteiger partial charge is 0.0159 e. The van der Waals surface area contributed by atoms with Crippen LogP contribution >= 0.6 is 0 Å². The summed E-state index contributed by atoms with van der Waals surface area (Å²) in [6, 6.07) is 38.5. The maximum absolute atomic E-state index is 2.58. The van der Waals surface area contributed by atoms with Crippen LogP contribution in [0.1, 0.15) is 113 Å². The fraction of sp³-hybridized carbons (Fsp3) is 0.296. The van der Waals surface area contributed by atoms with Crippen molar-refractivity contribution >= 4 is 34.1 Å². The highest BCUT2D eigenvalue weighted by atomic mass is 14.5. The quantitative estimate of drug-likeness (QED) is 0.169. The van der Waals surface area contributed by atoms with E-state index >= 15 is 0 Å². The van der Waals surface area contributed by atoms with Gasteiger partial charge in [0.05, 0.1) is 0 Å². The molecular weight excluding hydrogens is 649 g/mol. The summed E-state index contributed by atoms with van der Waals surface area (Å²) in [7, 11) is 0. The third-order valence-electron chi connectivity index (χ3n) is 15.8. The predicted octanol–water partition coefficient (Wildman–Crippen LogP) is 10.0. The molecule has 6 aliphatic rings. The van der Waals surface area contributed by atoms with Gasteiger partial charge in [-0.3, -0.25) is 0 Å². The topological polar surface area (TPSA) is 0 Å². The lowest BCUT2D eigenvalue weighted by Gasteiger charge is -2.36. The van der Waals surface area contributed by atoms with Gasteiger partial charge in [0.25, 0.3) is 0 Å². The summed E-state index contributed by atoms with van der Waals surface area (Å²) in [4.78, 5) is 0. The molecule has 264 valence electrons. The van der Waals surface area contributed by atoms with Gasteiger partial charge in [0.1, 0.15) is 0 Å².